The van der Waals surface area contributed by atoms with Crippen molar-refractivity contribution >= 4 is 15.9 Å². The molecule has 0 saturated carbocycles. The molecule has 3 heteroatoms. The van der Waals surface area contributed by atoms with Crippen LogP contribution in [-0.4, -0.2) is 29.1 Å². The zero-order chi connectivity index (χ0) is 13.7. The molecule has 0 radical (unpaired) electrons. The Morgan fingerprint density at radius 2 is 2.26 bits per heavy atom. The van der Waals surface area contributed by atoms with Crippen LogP contribution in [0, 0.1) is 0 Å². The molecule has 1 heterocycles. The van der Waals surface area contributed by atoms with Gasteiger partial charge in [0.05, 0.1) is 6.10 Å². The van der Waals surface area contributed by atoms with Crippen LogP contribution in [0.1, 0.15) is 50.7 Å². The van der Waals surface area contributed by atoms with Crippen LogP contribution >= 0.6 is 15.9 Å². The lowest BCUT2D eigenvalue weighted by Gasteiger charge is -2.35. The highest BCUT2D eigenvalue weighted by atomic mass is 79.9. The minimum Gasteiger partial charge on any atom is -0.388 e. The van der Waals surface area contributed by atoms with Crippen molar-refractivity contribution in [3.8, 4) is 0 Å². The second kappa shape index (κ2) is 7.41. The van der Waals surface area contributed by atoms with Gasteiger partial charge in [-0.25, -0.2) is 0 Å². The van der Waals surface area contributed by atoms with Gasteiger partial charge in [0, 0.05) is 17.1 Å². The summed E-state index contributed by atoms with van der Waals surface area (Å²) in [6.07, 6.45) is 5.70. The van der Waals surface area contributed by atoms with Gasteiger partial charge in [0.25, 0.3) is 0 Å². The molecule has 0 spiro atoms. The van der Waals surface area contributed by atoms with E-state index < -0.39 is 0 Å². The Balaban J connectivity index is 1.87. The molecule has 1 fully saturated rings. The first-order valence-corrected chi connectivity index (χ1v) is 8.17. The van der Waals surface area contributed by atoms with Gasteiger partial charge in [-0.2, -0.15) is 0 Å². The fourth-order valence-corrected chi connectivity index (χ4v) is 3.40. The second-order valence-corrected chi connectivity index (χ2v) is 6.37. The van der Waals surface area contributed by atoms with Crippen molar-refractivity contribution in [2.24, 2.45) is 0 Å². The third-order valence-corrected chi connectivity index (χ3v) is 4.64. The average Bonchev–Trinajstić information content (AvgIpc) is 2.45. The van der Waals surface area contributed by atoms with Crippen molar-refractivity contribution in [2.45, 2.75) is 51.2 Å². The number of likely N-dealkylation sites (tertiary alicyclic amines) is 1. The molecule has 1 aliphatic rings. The summed E-state index contributed by atoms with van der Waals surface area (Å²) in [6.45, 7) is 4.48. The quantitative estimate of drug-likeness (QED) is 0.879. The number of aliphatic hydroxyl groups excluding tert-OH is 1. The van der Waals surface area contributed by atoms with Crippen molar-refractivity contribution in [3.05, 3.63) is 34.3 Å². The number of rotatable bonds is 5. The van der Waals surface area contributed by atoms with Crippen LogP contribution in [0.4, 0.5) is 0 Å². The van der Waals surface area contributed by atoms with E-state index in [1.807, 2.05) is 24.3 Å². The molecule has 1 aliphatic heterocycles. The normalized spacial score (nSPS) is 22.4. The van der Waals surface area contributed by atoms with E-state index in [1.54, 1.807) is 0 Å². The highest BCUT2D eigenvalue weighted by molar-refractivity contribution is 9.10. The van der Waals surface area contributed by atoms with Crippen LogP contribution in [-0.2, 0) is 0 Å². The first-order valence-electron chi connectivity index (χ1n) is 7.38. The second-order valence-electron chi connectivity index (χ2n) is 5.45. The minimum absolute atomic E-state index is 0.350. The van der Waals surface area contributed by atoms with Crippen LogP contribution in [0.2, 0.25) is 0 Å². The Labute approximate surface area is 124 Å². The Morgan fingerprint density at radius 3 is 3.00 bits per heavy atom. The van der Waals surface area contributed by atoms with Gasteiger partial charge in [-0.1, -0.05) is 41.4 Å². The third kappa shape index (κ3) is 4.30. The highest BCUT2D eigenvalue weighted by Gasteiger charge is 2.21. The molecule has 0 amide bonds. The number of aliphatic hydroxyl groups is 1. The Morgan fingerprint density at radius 1 is 1.42 bits per heavy atom. The van der Waals surface area contributed by atoms with Crippen LogP contribution in [0.25, 0.3) is 0 Å². The summed E-state index contributed by atoms with van der Waals surface area (Å²) >= 11 is 3.46. The van der Waals surface area contributed by atoms with Gasteiger partial charge < -0.3 is 10.0 Å². The zero-order valence-corrected chi connectivity index (χ0v) is 13.3. The first-order chi connectivity index (χ1) is 9.20. The van der Waals surface area contributed by atoms with E-state index in [0.717, 1.165) is 29.0 Å². The summed E-state index contributed by atoms with van der Waals surface area (Å²) in [4.78, 5) is 2.56. The molecule has 1 aromatic carbocycles. The minimum atomic E-state index is -0.350. The van der Waals surface area contributed by atoms with Gasteiger partial charge in [-0.15, -0.1) is 0 Å². The fraction of sp³-hybridized carbons (Fsp3) is 0.625. The maximum absolute atomic E-state index is 10.3. The number of piperidine rings is 1. The molecule has 1 saturated heterocycles. The topological polar surface area (TPSA) is 23.5 Å². The first kappa shape index (κ1) is 15.0. The van der Waals surface area contributed by atoms with E-state index >= 15 is 0 Å². The molecule has 1 aromatic rings. The van der Waals surface area contributed by atoms with E-state index in [2.05, 4.69) is 27.8 Å². The number of hydrogen-bond donors (Lipinski definition) is 1. The van der Waals surface area contributed by atoms with Gasteiger partial charge in [-0.05, 0) is 49.9 Å². The Hall–Kier alpha value is -0.380. The van der Waals surface area contributed by atoms with Crippen LogP contribution in [0.15, 0.2) is 28.7 Å². The molecule has 2 atom stereocenters. The van der Waals surface area contributed by atoms with Gasteiger partial charge in [0.1, 0.15) is 0 Å². The van der Waals surface area contributed by atoms with E-state index in [9.17, 15) is 5.11 Å². The third-order valence-electron chi connectivity index (χ3n) is 4.14. The molecular formula is C16H24BrNO. The van der Waals surface area contributed by atoms with Crippen molar-refractivity contribution in [3.63, 3.8) is 0 Å². The molecule has 2 nitrogen and oxygen atoms in total. The standard InChI is InChI=1S/C16H24BrNO/c1-2-15-8-3-4-10-18(15)11-9-16(19)13-6-5-7-14(17)12-13/h5-7,12,15-16,19H,2-4,8-11H2,1H3. The van der Waals surface area contributed by atoms with Crippen LogP contribution < -0.4 is 0 Å². The number of hydrogen-bond acceptors (Lipinski definition) is 2. The number of halogens is 1. The summed E-state index contributed by atoms with van der Waals surface area (Å²) < 4.78 is 1.04. The highest BCUT2D eigenvalue weighted by Crippen LogP contribution is 2.24. The maximum Gasteiger partial charge on any atom is 0.0802 e. The predicted octanol–water partition coefficient (Wildman–Crippen LogP) is 4.14. The molecule has 0 bridgehead atoms. The molecule has 106 valence electrons. The van der Waals surface area contributed by atoms with Crippen molar-refractivity contribution in [1.82, 2.24) is 4.90 Å². The summed E-state index contributed by atoms with van der Waals surface area (Å²) in [5.41, 5.74) is 1.01. The molecule has 19 heavy (non-hydrogen) atoms. The molecule has 0 aliphatic carbocycles. The van der Waals surface area contributed by atoms with E-state index in [0.29, 0.717) is 0 Å². The van der Waals surface area contributed by atoms with Crippen molar-refractivity contribution in [1.29, 1.82) is 0 Å². The monoisotopic (exact) mass is 325 g/mol. The summed E-state index contributed by atoms with van der Waals surface area (Å²) in [5, 5.41) is 10.3. The van der Waals surface area contributed by atoms with Crippen LogP contribution in [0.5, 0.6) is 0 Å². The molecule has 0 aromatic heterocycles. The maximum atomic E-state index is 10.3. The van der Waals surface area contributed by atoms with Crippen molar-refractivity contribution in [2.75, 3.05) is 13.1 Å². The Kier molecular flexibility index (Phi) is 5.86. The number of benzene rings is 1. The zero-order valence-electron chi connectivity index (χ0n) is 11.7. The van der Waals surface area contributed by atoms with E-state index in [4.69, 9.17) is 0 Å². The summed E-state index contributed by atoms with van der Waals surface area (Å²) in [6, 6.07) is 8.72. The lowest BCUT2D eigenvalue weighted by atomic mass is 9.99. The average molecular weight is 326 g/mol. The lowest BCUT2D eigenvalue weighted by Crippen LogP contribution is -2.40. The van der Waals surface area contributed by atoms with Crippen LogP contribution in [0.3, 0.4) is 0 Å². The Bertz CT molecular complexity index is 396. The molecule has 2 rings (SSSR count). The molecule has 2 unspecified atom stereocenters. The van der Waals surface area contributed by atoms with E-state index in [1.165, 1.54) is 32.2 Å². The summed E-state index contributed by atoms with van der Waals surface area (Å²) in [7, 11) is 0. The van der Waals surface area contributed by atoms with Gasteiger partial charge in [0.2, 0.25) is 0 Å². The van der Waals surface area contributed by atoms with Crippen molar-refractivity contribution < 1.29 is 5.11 Å². The largest absolute Gasteiger partial charge is 0.388 e. The fourth-order valence-electron chi connectivity index (χ4n) is 2.99. The van der Waals surface area contributed by atoms with Gasteiger partial charge in [0.15, 0.2) is 0 Å². The smallest absolute Gasteiger partial charge is 0.0802 e. The summed E-state index contributed by atoms with van der Waals surface area (Å²) in [5.74, 6) is 0. The molecular weight excluding hydrogens is 302 g/mol. The van der Waals surface area contributed by atoms with Gasteiger partial charge >= 0.3 is 0 Å². The van der Waals surface area contributed by atoms with Gasteiger partial charge in [-0.3, -0.25) is 0 Å². The predicted molar refractivity (Wildman–Crippen MR) is 83.2 cm³/mol. The lowest BCUT2D eigenvalue weighted by molar-refractivity contribution is 0.101. The number of nitrogens with zero attached hydrogens (tertiary/aromatic N) is 1. The van der Waals surface area contributed by atoms with E-state index in [-0.39, 0.29) is 6.10 Å². The molecule has 1 N–H and O–H groups in total. The SMILES string of the molecule is CCC1CCCCN1CCC(O)c1cccc(Br)c1.